The minimum atomic E-state index is -0.690. The smallest absolute Gasteiger partial charge is 0.422 e. The number of hydrogen-bond acceptors (Lipinski definition) is 4. The summed E-state index contributed by atoms with van der Waals surface area (Å²) in [6.45, 7) is 4.41. The van der Waals surface area contributed by atoms with E-state index in [2.05, 4.69) is 15.9 Å². The Morgan fingerprint density at radius 1 is 1.12 bits per heavy atom. The largest absolute Gasteiger partial charge is 0.492 e. The van der Waals surface area contributed by atoms with E-state index >= 15 is 0 Å². The first-order valence-corrected chi connectivity index (χ1v) is 8.28. The highest BCUT2D eigenvalue weighted by atomic mass is 79.9. The van der Waals surface area contributed by atoms with Crippen molar-refractivity contribution in [3.8, 4) is 5.75 Å². The molecule has 24 heavy (non-hydrogen) atoms. The Hall–Kier alpha value is -2.34. The standard InChI is InChI=1S/C18H16BrNO4/c1-11-4-3-5-13(8-11)23-7-6-20-16-14(17(21)24-18(20)22)9-12(2)10-15(16)19/h3-5,8-10H,6-7H2,1-2H3. The molecule has 1 aromatic heterocycles. The molecule has 5 nitrogen and oxygen atoms in total. The first kappa shape index (κ1) is 16.5. The van der Waals surface area contributed by atoms with Gasteiger partial charge in [-0.1, -0.05) is 12.1 Å². The van der Waals surface area contributed by atoms with Crippen LogP contribution in [0.1, 0.15) is 11.1 Å². The molecule has 3 aromatic rings. The SMILES string of the molecule is Cc1cccc(OCCn2c(=O)oc(=O)c3cc(C)cc(Br)c32)c1. The fourth-order valence-electron chi connectivity index (χ4n) is 2.61. The average Bonchev–Trinajstić information content (AvgIpc) is 2.51. The Morgan fingerprint density at radius 2 is 1.92 bits per heavy atom. The molecule has 0 saturated heterocycles. The molecule has 1 heterocycles. The second-order valence-electron chi connectivity index (χ2n) is 5.61. The summed E-state index contributed by atoms with van der Waals surface area (Å²) in [5.41, 5.74) is 1.90. The molecule has 0 atom stereocenters. The molecular weight excluding hydrogens is 374 g/mol. The average molecular weight is 390 g/mol. The Morgan fingerprint density at radius 3 is 2.67 bits per heavy atom. The zero-order valence-electron chi connectivity index (χ0n) is 13.3. The molecular formula is C18H16BrNO4. The molecule has 0 radical (unpaired) electrons. The number of benzene rings is 2. The van der Waals surface area contributed by atoms with Crippen molar-refractivity contribution in [2.45, 2.75) is 20.4 Å². The number of fused-ring (bicyclic) bond motifs is 1. The Kier molecular flexibility index (Phi) is 4.57. The maximum absolute atomic E-state index is 12.1. The van der Waals surface area contributed by atoms with Gasteiger partial charge in [0.25, 0.3) is 0 Å². The summed E-state index contributed by atoms with van der Waals surface area (Å²) in [5.74, 6) is 0.0459. The van der Waals surface area contributed by atoms with Gasteiger partial charge in [0.1, 0.15) is 12.4 Å². The van der Waals surface area contributed by atoms with Crippen LogP contribution < -0.4 is 16.1 Å². The molecule has 0 spiro atoms. The third-order valence-corrected chi connectivity index (χ3v) is 4.28. The lowest BCUT2D eigenvalue weighted by Gasteiger charge is -2.12. The van der Waals surface area contributed by atoms with Gasteiger partial charge in [-0.25, -0.2) is 9.59 Å². The summed E-state index contributed by atoms with van der Waals surface area (Å²) in [4.78, 5) is 24.1. The van der Waals surface area contributed by atoms with E-state index in [0.717, 1.165) is 16.9 Å². The van der Waals surface area contributed by atoms with Crippen LogP contribution in [0.15, 0.2) is 54.9 Å². The quantitative estimate of drug-likeness (QED) is 0.685. The van der Waals surface area contributed by atoms with Crippen molar-refractivity contribution in [2.24, 2.45) is 0 Å². The van der Waals surface area contributed by atoms with E-state index in [-0.39, 0.29) is 13.2 Å². The maximum Gasteiger partial charge on any atom is 0.422 e. The molecule has 2 aromatic carbocycles. The van der Waals surface area contributed by atoms with Crippen LogP contribution >= 0.6 is 15.9 Å². The number of halogens is 1. The molecule has 0 unspecified atom stereocenters. The van der Waals surface area contributed by atoms with Crippen molar-refractivity contribution in [3.05, 3.63) is 73.0 Å². The summed E-state index contributed by atoms with van der Waals surface area (Å²) in [7, 11) is 0. The van der Waals surface area contributed by atoms with Crippen LogP contribution in [0.4, 0.5) is 0 Å². The van der Waals surface area contributed by atoms with Crippen LogP contribution in [0.2, 0.25) is 0 Å². The minimum absolute atomic E-state index is 0.273. The van der Waals surface area contributed by atoms with Crippen molar-refractivity contribution in [3.63, 3.8) is 0 Å². The van der Waals surface area contributed by atoms with Gasteiger partial charge in [-0.15, -0.1) is 0 Å². The van der Waals surface area contributed by atoms with Crippen molar-refractivity contribution in [1.82, 2.24) is 4.57 Å². The second kappa shape index (κ2) is 6.65. The first-order chi connectivity index (χ1) is 11.5. The predicted molar refractivity (Wildman–Crippen MR) is 95.9 cm³/mol. The Labute approximate surface area is 146 Å². The molecule has 3 rings (SSSR count). The summed E-state index contributed by atoms with van der Waals surface area (Å²) in [5, 5.41) is 0.372. The number of nitrogens with zero attached hydrogens (tertiary/aromatic N) is 1. The fourth-order valence-corrected chi connectivity index (χ4v) is 3.40. The van der Waals surface area contributed by atoms with E-state index in [9.17, 15) is 9.59 Å². The Bertz CT molecular complexity index is 1020. The van der Waals surface area contributed by atoms with E-state index in [1.807, 2.05) is 44.2 Å². The summed E-state index contributed by atoms with van der Waals surface area (Å²) in [6, 6.07) is 11.2. The molecule has 0 N–H and O–H groups in total. The van der Waals surface area contributed by atoms with Gasteiger partial charge in [-0.05, 0) is 65.2 Å². The number of ether oxygens (including phenoxy) is 1. The molecule has 0 aliphatic heterocycles. The zero-order chi connectivity index (χ0) is 17.3. The van der Waals surface area contributed by atoms with Crippen LogP contribution in [0, 0.1) is 13.8 Å². The second-order valence-corrected chi connectivity index (χ2v) is 6.47. The van der Waals surface area contributed by atoms with Crippen LogP contribution in [0.25, 0.3) is 10.9 Å². The van der Waals surface area contributed by atoms with Crippen molar-refractivity contribution < 1.29 is 9.15 Å². The van der Waals surface area contributed by atoms with E-state index in [1.54, 1.807) is 6.07 Å². The molecule has 0 bridgehead atoms. The summed E-state index contributed by atoms with van der Waals surface area (Å²) < 4.78 is 12.6. The van der Waals surface area contributed by atoms with Gasteiger partial charge in [0.2, 0.25) is 0 Å². The van der Waals surface area contributed by atoms with Crippen molar-refractivity contribution >= 4 is 26.8 Å². The molecule has 124 valence electrons. The highest BCUT2D eigenvalue weighted by Crippen LogP contribution is 2.23. The Balaban J connectivity index is 1.95. The van der Waals surface area contributed by atoms with Crippen molar-refractivity contribution in [1.29, 1.82) is 0 Å². The first-order valence-electron chi connectivity index (χ1n) is 7.49. The molecule has 0 amide bonds. The number of aryl methyl sites for hydroxylation is 2. The maximum atomic E-state index is 12.1. The minimum Gasteiger partial charge on any atom is -0.492 e. The van der Waals surface area contributed by atoms with Gasteiger partial charge in [-0.3, -0.25) is 4.57 Å². The van der Waals surface area contributed by atoms with Crippen LogP contribution in [-0.4, -0.2) is 11.2 Å². The van der Waals surface area contributed by atoms with Gasteiger partial charge < -0.3 is 9.15 Å². The van der Waals surface area contributed by atoms with Gasteiger partial charge >= 0.3 is 11.4 Å². The van der Waals surface area contributed by atoms with Crippen LogP contribution in [-0.2, 0) is 6.54 Å². The highest BCUT2D eigenvalue weighted by molar-refractivity contribution is 9.10. The molecule has 0 fully saturated rings. The van der Waals surface area contributed by atoms with E-state index < -0.39 is 11.4 Å². The zero-order valence-corrected chi connectivity index (χ0v) is 14.9. The highest BCUT2D eigenvalue weighted by Gasteiger charge is 2.13. The molecule has 0 aliphatic carbocycles. The van der Waals surface area contributed by atoms with Crippen molar-refractivity contribution in [2.75, 3.05) is 6.61 Å². The van der Waals surface area contributed by atoms with E-state index in [0.29, 0.717) is 15.4 Å². The number of aromatic nitrogens is 1. The summed E-state index contributed by atoms with van der Waals surface area (Å²) >= 11 is 3.43. The lowest BCUT2D eigenvalue weighted by Crippen LogP contribution is -2.27. The third-order valence-electron chi connectivity index (χ3n) is 3.67. The summed E-state index contributed by atoms with van der Waals surface area (Å²) in [6.07, 6.45) is 0. The number of rotatable bonds is 4. The van der Waals surface area contributed by atoms with E-state index in [1.165, 1.54) is 4.57 Å². The van der Waals surface area contributed by atoms with Gasteiger partial charge in [0.05, 0.1) is 17.4 Å². The number of hydrogen-bond donors (Lipinski definition) is 0. The topological polar surface area (TPSA) is 61.4 Å². The van der Waals surface area contributed by atoms with Gasteiger partial charge in [0.15, 0.2) is 0 Å². The van der Waals surface area contributed by atoms with Gasteiger partial charge in [-0.2, -0.15) is 0 Å². The van der Waals surface area contributed by atoms with Crippen LogP contribution in [0.5, 0.6) is 5.75 Å². The lowest BCUT2D eigenvalue weighted by molar-refractivity contribution is 0.287. The predicted octanol–water partition coefficient (Wildman–Crippen LogP) is 3.41. The van der Waals surface area contributed by atoms with Gasteiger partial charge in [0, 0.05) is 4.47 Å². The normalized spacial score (nSPS) is 11.0. The lowest BCUT2D eigenvalue weighted by atomic mass is 10.2. The monoisotopic (exact) mass is 389 g/mol. The molecule has 0 aliphatic rings. The third kappa shape index (κ3) is 3.28. The fraction of sp³-hybridized carbons (Fsp3) is 0.222. The molecule has 0 saturated carbocycles. The van der Waals surface area contributed by atoms with E-state index in [4.69, 9.17) is 9.15 Å². The van der Waals surface area contributed by atoms with Crippen LogP contribution in [0.3, 0.4) is 0 Å². The molecule has 6 heteroatoms.